The summed E-state index contributed by atoms with van der Waals surface area (Å²) in [5, 5.41) is 37.7. The molecule has 0 radical (unpaired) electrons. The van der Waals surface area contributed by atoms with Crippen molar-refractivity contribution in [3.63, 3.8) is 0 Å². The van der Waals surface area contributed by atoms with Gasteiger partial charge in [0.1, 0.15) is 22.6 Å². The lowest BCUT2D eigenvalue weighted by molar-refractivity contribution is -0.157. The predicted octanol–water partition coefficient (Wildman–Crippen LogP) is 13.2. The molecular weight excluding hydrogens is 1360 g/mol. The van der Waals surface area contributed by atoms with Crippen molar-refractivity contribution in [2.45, 2.75) is 156 Å². The summed E-state index contributed by atoms with van der Waals surface area (Å²) in [6.07, 6.45) is 16.8. The monoisotopic (exact) mass is 1460 g/mol. The molecule has 0 amide bonds. The Labute approximate surface area is 632 Å². The zero-order valence-electron chi connectivity index (χ0n) is 63.9. The van der Waals surface area contributed by atoms with Crippen LogP contribution in [-0.2, 0) is 105 Å². The number of aromatic nitrogens is 8. The topological polar surface area (TPSA) is 197 Å². The number of pyridine rings is 4. The fourth-order valence-electron chi connectivity index (χ4n) is 16.2. The summed E-state index contributed by atoms with van der Waals surface area (Å²) in [7, 11) is 8.55. The molecule has 4 aromatic carbocycles. The first-order valence-corrected chi connectivity index (χ1v) is 37.8. The summed E-state index contributed by atoms with van der Waals surface area (Å²) >= 11 is 6.48. The van der Waals surface area contributed by atoms with Gasteiger partial charge in [0, 0.05) is 213 Å². The number of ether oxygens (including phenoxy) is 1. The summed E-state index contributed by atoms with van der Waals surface area (Å²) in [5.41, 5.74) is 26.0. The molecule has 4 aliphatic rings. The van der Waals surface area contributed by atoms with Crippen LogP contribution < -0.4 is 5.73 Å². The lowest BCUT2D eigenvalue weighted by atomic mass is 9.94. The summed E-state index contributed by atoms with van der Waals surface area (Å²) in [6, 6.07) is 38.1. The number of benzene rings is 4. The number of carbonyl (C=O) groups is 1. The number of esters is 1. The minimum absolute atomic E-state index is 0.164. The number of aliphatic hydroxyl groups is 3. The zero-order valence-corrected chi connectivity index (χ0v) is 64.6. The van der Waals surface area contributed by atoms with E-state index >= 15 is 0 Å². The highest BCUT2D eigenvalue weighted by molar-refractivity contribution is 6.35. The first kappa shape index (κ1) is 76.2. The third-order valence-corrected chi connectivity index (χ3v) is 22.2. The van der Waals surface area contributed by atoms with Crippen LogP contribution in [0, 0.1) is 33.5 Å². The number of rotatable bonds is 15. The maximum absolute atomic E-state index is 14.6. The third kappa shape index (κ3) is 16.4. The molecule has 3 unspecified atom stereocenters. The van der Waals surface area contributed by atoms with E-state index in [4.69, 9.17) is 22.1 Å². The van der Waals surface area contributed by atoms with Gasteiger partial charge in [-0.25, -0.2) is 4.39 Å². The molecule has 4 aliphatic heterocycles. The first-order valence-electron chi connectivity index (χ1n) is 37.5. The number of fused-ring (bicyclic) bond motifs is 12. The van der Waals surface area contributed by atoms with Crippen LogP contribution in [0.15, 0.2) is 159 Å². The number of likely N-dealkylation sites (N-methyl/N-ethyl adjacent to an activating group) is 4. The van der Waals surface area contributed by atoms with E-state index in [0.29, 0.717) is 35.6 Å². The fraction of sp³-hybridized carbons (Fsp3) is 0.391. The van der Waals surface area contributed by atoms with Crippen LogP contribution in [0.2, 0.25) is 5.02 Å². The molecule has 560 valence electrons. The van der Waals surface area contributed by atoms with Gasteiger partial charge in [0.05, 0.1) is 36.2 Å². The number of hydrogen-bond acceptors (Lipinski definition) is 14. The highest BCUT2D eigenvalue weighted by Gasteiger charge is 2.36. The molecule has 8 aromatic heterocycles. The Balaban J connectivity index is 0.000000126. The van der Waals surface area contributed by atoms with Crippen molar-refractivity contribution in [2.24, 2.45) is 5.73 Å². The normalized spacial score (nSPS) is 16.3. The molecule has 12 aromatic rings. The van der Waals surface area contributed by atoms with Crippen molar-refractivity contribution < 1.29 is 29.2 Å². The van der Waals surface area contributed by atoms with E-state index < -0.39 is 16.8 Å². The summed E-state index contributed by atoms with van der Waals surface area (Å²) in [5.74, 6) is -0.751. The number of aryl methyl sites for hydroxylation is 6. The Kier molecular flexibility index (Phi) is 22.8. The van der Waals surface area contributed by atoms with E-state index in [0.717, 1.165) is 124 Å². The molecule has 18 nitrogen and oxygen atoms in total. The van der Waals surface area contributed by atoms with Crippen LogP contribution >= 0.6 is 11.6 Å². The molecule has 107 heavy (non-hydrogen) atoms. The molecule has 0 fully saturated rings. The molecule has 3 atom stereocenters. The minimum Gasteiger partial charge on any atom is -0.459 e. The van der Waals surface area contributed by atoms with Crippen LogP contribution in [0.3, 0.4) is 0 Å². The number of hydrogen-bond donors (Lipinski definition) is 4. The minimum atomic E-state index is -1.36. The van der Waals surface area contributed by atoms with E-state index in [9.17, 15) is 24.5 Å². The van der Waals surface area contributed by atoms with Gasteiger partial charge in [-0.3, -0.25) is 24.7 Å². The maximum Gasteiger partial charge on any atom is 0.315 e. The predicted molar refractivity (Wildman–Crippen MR) is 425 cm³/mol. The smallest absolute Gasteiger partial charge is 0.315 e. The van der Waals surface area contributed by atoms with E-state index in [1.165, 1.54) is 95.0 Å². The van der Waals surface area contributed by atoms with Crippen molar-refractivity contribution >= 4 is 61.2 Å². The van der Waals surface area contributed by atoms with Gasteiger partial charge in [-0.05, 0) is 207 Å². The van der Waals surface area contributed by atoms with Crippen molar-refractivity contribution in [1.29, 1.82) is 0 Å². The number of carbonyl (C=O) groups excluding carboxylic acids is 1. The van der Waals surface area contributed by atoms with Gasteiger partial charge in [-0.15, -0.1) is 0 Å². The number of aliphatic hydroxyl groups excluding tert-OH is 1. The maximum atomic E-state index is 14.6. The lowest BCUT2D eigenvalue weighted by Gasteiger charge is -2.30. The molecule has 0 saturated carbocycles. The standard InChI is InChI=1S/C25H31N3O2.C21H26N4O.C21H25N3O2.C20H21ClFN3/c1-17-6-7-22-19(14-17)21-15-27(5)13-10-23(21)28(22)16-20(18-8-11-26-12-9-18)24(29)30-25(2,3)4;1-15-3-4-19-17(11-15)18-12-24(2)10-7-20(18)25(19)14-21(26,13-22)16-5-8-23-9-6-16;1-15-5-6-19-17(10-15)18-12-23(2)9-7-20(18)24(19)13-21(26,14-25)16-4-3-8-22-11-16;1-13-3-4-14(11-23-13)7-10-25-18-8-9-24(2)12-15(18)19-17(22)6-5-16(21)20(19)25/h6-9,11-12,14,20H,10,13,15-16H2,1-5H3;3-6,8-9,11,26H,7,10,12-14,22H2,1-2H3;3-6,8,10-11,25-26H,7,9,12-14H2,1-2H3;3-6,11H,7-10,12H2,1-2H3. The Bertz CT molecular complexity index is 4990. The Morgan fingerprint density at radius 1 is 0.570 bits per heavy atom. The van der Waals surface area contributed by atoms with Crippen LogP contribution in [0.1, 0.15) is 116 Å². The van der Waals surface area contributed by atoms with Crippen LogP contribution in [-0.4, -0.2) is 152 Å². The molecule has 0 bridgehead atoms. The van der Waals surface area contributed by atoms with Gasteiger partial charge >= 0.3 is 5.97 Å². The Hall–Kier alpha value is -8.99. The summed E-state index contributed by atoms with van der Waals surface area (Å²) < 4.78 is 29.5. The van der Waals surface area contributed by atoms with Gasteiger partial charge < -0.3 is 63.7 Å². The molecule has 0 aliphatic carbocycles. The molecule has 0 spiro atoms. The van der Waals surface area contributed by atoms with Crippen molar-refractivity contribution in [3.05, 3.63) is 259 Å². The largest absolute Gasteiger partial charge is 0.459 e. The average Bonchev–Trinajstić information content (AvgIpc) is 1.58. The lowest BCUT2D eigenvalue weighted by Crippen LogP contribution is -2.40. The average molecular weight is 1470 g/mol. The van der Waals surface area contributed by atoms with Crippen molar-refractivity contribution in [3.8, 4) is 0 Å². The van der Waals surface area contributed by atoms with Crippen LogP contribution in [0.4, 0.5) is 4.39 Å². The molecule has 12 heterocycles. The Morgan fingerprint density at radius 3 is 1.53 bits per heavy atom. The summed E-state index contributed by atoms with van der Waals surface area (Å²) in [4.78, 5) is 39.2. The van der Waals surface area contributed by atoms with E-state index in [2.05, 4.69) is 167 Å². The molecular formula is C87H103ClFN13O5. The van der Waals surface area contributed by atoms with Gasteiger partial charge in [0.15, 0.2) is 0 Å². The summed E-state index contributed by atoms with van der Waals surface area (Å²) in [6.45, 7) is 23.6. The second-order valence-corrected chi connectivity index (χ2v) is 31.6. The molecule has 5 N–H and O–H groups in total. The fourth-order valence-corrected chi connectivity index (χ4v) is 16.5. The SMILES string of the molecule is Cc1ccc(CCn2c3c(c4c(F)ccc(Cl)c42)CN(C)CC3)cn1.Cc1ccc2c(c1)c1c(n2CC(C(=O)OC(C)(C)C)c2ccncc2)CCN(C)C1.Cc1ccc2c(c1)c1c(n2CC(O)(CN)c2ccncc2)CCN(C)C1.Cc1ccc2c(c1)c1c(n2CC(O)(CO)c2cccnc2)CCN(C)C1. The van der Waals surface area contributed by atoms with E-state index in [-0.39, 0.29) is 30.9 Å². The quantitative estimate of drug-likeness (QED) is 0.0707. The Morgan fingerprint density at radius 2 is 1.06 bits per heavy atom. The number of nitrogens with two attached hydrogens (primary N) is 1. The van der Waals surface area contributed by atoms with E-state index in [1.54, 1.807) is 49.3 Å². The molecule has 16 rings (SSSR count). The number of nitrogens with zero attached hydrogens (tertiary/aromatic N) is 12. The van der Waals surface area contributed by atoms with Crippen molar-refractivity contribution in [1.82, 2.24) is 57.8 Å². The highest BCUT2D eigenvalue weighted by Crippen LogP contribution is 2.40. The van der Waals surface area contributed by atoms with Gasteiger partial charge in [-0.1, -0.05) is 58.6 Å². The first-order chi connectivity index (χ1) is 51.3. The zero-order chi connectivity index (χ0) is 75.6. The third-order valence-electron chi connectivity index (χ3n) is 21.9. The van der Waals surface area contributed by atoms with Crippen LogP contribution in [0.25, 0.3) is 43.6 Å². The van der Waals surface area contributed by atoms with Gasteiger partial charge in [0.25, 0.3) is 0 Å². The van der Waals surface area contributed by atoms with Gasteiger partial charge in [-0.2, -0.15) is 0 Å². The molecule has 0 saturated heterocycles. The van der Waals surface area contributed by atoms with Gasteiger partial charge in [0.2, 0.25) is 0 Å². The second-order valence-electron chi connectivity index (χ2n) is 31.2. The second kappa shape index (κ2) is 32.1. The highest BCUT2D eigenvalue weighted by atomic mass is 35.5. The number of halogens is 2. The van der Waals surface area contributed by atoms with E-state index in [1.807, 2.05) is 70.3 Å². The van der Waals surface area contributed by atoms with Crippen molar-refractivity contribution in [2.75, 3.05) is 67.5 Å². The molecule has 20 heteroatoms. The van der Waals surface area contributed by atoms with Crippen LogP contribution in [0.5, 0.6) is 0 Å².